The molecule has 1 aliphatic rings. The van der Waals surface area contributed by atoms with Crippen LogP contribution in [0, 0.1) is 0 Å². The molecule has 0 saturated carbocycles. The first-order valence-electron chi connectivity index (χ1n) is 6.01. The number of aromatic nitrogens is 3. The number of aliphatic hydroxyl groups is 2. The van der Waals surface area contributed by atoms with E-state index in [0.717, 1.165) is 10.8 Å². The maximum Gasteiger partial charge on any atom is 0.347 e. The molecule has 0 bridgehead atoms. The minimum atomic E-state index is -1.28. The number of rotatable bonds is 4. The van der Waals surface area contributed by atoms with E-state index < -0.39 is 42.3 Å². The highest BCUT2D eigenvalue weighted by molar-refractivity contribution is 5.84. The number of hydrogen-bond acceptors (Lipinski definition) is 7. The second kappa shape index (κ2) is 5.99. The number of carboxylic acid groups (broad SMARTS) is 1. The van der Waals surface area contributed by atoms with Gasteiger partial charge in [-0.3, -0.25) is 9.78 Å². The van der Waals surface area contributed by atoms with Crippen molar-refractivity contribution in [3.8, 4) is 0 Å². The summed E-state index contributed by atoms with van der Waals surface area (Å²) in [6.45, 7) is -0.429. The van der Waals surface area contributed by atoms with Gasteiger partial charge in [-0.1, -0.05) is 0 Å². The van der Waals surface area contributed by atoms with Crippen LogP contribution in [0.1, 0.15) is 18.3 Å². The number of carboxylic acids is 1. The number of aliphatic hydroxyl groups excluding tert-OH is 2. The molecule has 1 aromatic rings. The number of hydrogen-bond donors (Lipinski definition) is 4. The van der Waals surface area contributed by atoms with Crippen molar-refractivity contribution in [2.75, 3.05) is 6.61 Å². The van der Waals surface area contributed by atoms with E-state index in [9.17, 15) is 19.5 Å². The molecule has 1 aromatic heterocycles. The minimum Gasteiger partial charge on any atom is -0.478 e. The molecule has 10 heteroatoms. The van der Waals surface area contributed by atoms with Crippen molar-refractivity contribution in [3.05, 3.63) is 32.6 Å². The van der Waals surface area contributed by atoms with Crippen molar-refractivity contribution in [2.45, 2.75) is 24.9 Å². The van der Waals surface area contributed by atoms with Crippen molar-refractivity contribution in [2.24, 2.45) is 0 Å². The zero-order valence-corrected chi connectivity index (χ0v) is 10.7. The predicted octanol–water partition coefficient (Wildman–Crippen LogP) is -2.33. The van der Waals surface area contributed by atoms with E-state index >= 15 is 0 Å². The van der Waals surface area contributed by atoms with Crippen LogP contribution >= 0.6 is 0 Å². The third kappa shape index (κ3) is 3.24. The van der Waals surface area contributed by atoms with Gasteiger partial charge in [0, 0.05) is 12.5 Å². The highest BCUT2D eigenvalue weighted by Crippen LogP contribution is 2.26. The summed E-state index contributed by atoms with van der Waals surface area (Å²) in [4.78, 5) is 35.6. The van der Waals surface area contributed by atoms with Gasteiger partial charge >= 0.3 is 11.7 Å². The Kier molecular flexibility index (Phi) is 4.31. The summed E-state index contributed by atoms with van der Waals surface area (Å²) in [5, 5.41) is 30.9. The largest absolute Gasteiger partial charge is 0.478 e. The summed E-state index contributed by atoms with van der Waals surface area (Å²) in [6.07, 6.45) is -1.14. The van der Waals surface area contributed by atoms with E-state index in [1.54, 1.807) is 0 Å². The number of aliphatic carboxylic acids is 1. The fourth-order valence-electron chi connectivity index (χ4n) is 1.91. The molecule has 0 radical (unpaired) electrons. The molecule has 1 aliphatic heterocycles. The number of aromatic amines is 1. The average Bonchev–Trinajstić information content (AvgIpc) is 2.78. The molecule has 2 heterocycles. The number of carbonyl (C=O) groups is 1. The van der Waals surface area contributed by atoms with Gasteiger partial charge in [-0.25, -0.2) is 9.59 Å². The van der Waals surface area contributed by atoms with E-state index in [4.69, 9.17) is 14.9 Å². The molecule has 21 heavy (non-hydrogen) atoms. The van der Waals surface area contributed by atoms with Crippen LogP contribution in [0.25, 0.3) is 6.08 Å². The Morgan fingerprint density at radius 3 is 2.81 bits per heavy atom. The van der Waals surface area contributed by atoms with Gasteiger partial charge in [0.2, 0.25) is 0 Å². The SMILES string of the molecule is O=C(O)C=Cc1nn([C@H]2C[C@H](O)[C@@H](CO)O2)c(=O)[nH]c1=O. The van der Waals surface area contributed by atoms with Gasteiger partial charge in [-0.2, -0.15) is 9.78 Å². The summed E-state index contributed by atoms with van der Waals surface area (Å²) in [7, 11) is 0. The Hall–Kier alpha value is -2.30. The normalized spacial score (nSPS) is 25.5. The molecule has 2 rings (SSSR count). The van der Waals surface area contributed by atoms with Crippen LogP contribution in [0.3, 0.4) is 0 Å². The van der Waals surface area contributed by atoms with Crippen molar-refractivity contribution < 1.29 is 24.9 Å². The molecule has 0 amide bonds. The van der Waals surface area contributed by atoms with Gasteiger partial charge in [0.05, 0.1) is 12.7 Å². The maximum atomic E-state index is 11.7. The lowest BCUT2D eigenvalue weighted by molar-refractivity contribution is -0.131. The lowest BCUT2D eigenvalue weighted by Crippen LogP contribution is -2.36. The van der Waals surface area contributed by atoms with E-state index in [-0.39, 0.29) is 12.1 Å². The lowest BCUT2D eigenvalue weighted by Gasteiger charge is -2.13. The molecular weight excluding hydrogens is 286 g/mol. The van der Waals surface area contributed by atoms with Gasteiger partial charge in [-0.15, -0.1) is 0 Å². The molecule has 0 aromatic carbocycles. The number of ether oxygens (including phenoxy) is 1. The molecule has 0 unspecified atom stereocenters. The second-order valence-corrected chi connectivity index (χ2v) is 4.38. The first kappa shape index (κ1) is 15.1. The number of H-pyrrole nitrogens is 1. The van der Waals surface area contributed by atoms with E-state index in [1.165, 1.54) is 0 Å². The van der Waals surface area contributed by atoms with E-state index in [0.29, 0.717) is 6.08 Å². The molecule has 4 N–H and O–H groups in total. The van der Waals surface area contributed by atoms with Crippen LogP contribution in [0.5, 0.6) is 0 Å². The van der Waals surface area contributed by atoms with Gasteiger partial charge in [-0.05, 0) is 6.08 Å². The van der Waals surface area contributed by atoms with Gasteiger partial charge < -0.3 is 20.1 Å². The summed E-state index contributed by atoms with van der Waals surface area (Å²) < 4.78 is 6.04. The topological polar surface area (TPSA) is 155 Å². The summed E-state index contributed by atoms with van der Waals surface area (Å²) >= 11 is 0. The molecule has 0 aliphatic carbocycles. The van der Waals surface area contributed by atoms with Crippen LogP contribution in [0.15, 0.2) is 15.7 Å². The van der Waals surface area contributed by atoms with E-state index in [1.807, 2.05) is 4.98 Å². The lowest BCUT2D eigenvalue weighted by atomic mass is 10.2. The van der Waals surface area contributed by atoms with Crippen LogP contribution < -0.4 is 11.2 Å². The Balaban J connectivity index is 2.37. The van der Waals surface area contributed by atoms with Crippen molar-refractivity contribution in [1.29, 1.82) is 0 Å². The summed E-state index contributed by atoms with van der Waals surface area (Å²) in [5.41, 5.74) is -1.99. The molecule has 10 nitrogen and oxygen atoms in total. The summed E-state index contributed by atoms with van der Waals surface area (Å²) in [6, 6.07) is 0. The number of nitrogens with one attached hydrogen (secondary N) is 1. The predicted molar refractivity (Wildman–Crippen MR) is 67.4 cm³/mol. The zero-order chi connectivity index (χ0) is 15.6. The molecule has 0 spiro atoms. The Bertz CT molecular complexity index is 677. The van der Waals surface area contributed by atoms with Crippen LogP contribution in [0.2, 0.25) is 0 Å². The minimum absolute atomic E-state index is 0.00621. The van der Waals surface area contributed by atoms with Gasteiger partial charge in [0.1, 0.15) is 11.8 Å². The summed E-state index contributed by atoms with van der Waals surface area (Å²) in [5.74, 6) is -1.28. The molecular formula is C11H13N3O7. The van der Waals surface area contributed by atoms with Crippen LogP contribution in [-0.4, -0.2) is 54.9 Å². The fraction of sp³-hybridized carbons (Fsp3) is 0.455. The van der Waals surface area contributed by atoms with Crippen LogP contribution in [0.4, 0.5) is 0 Å². The smallest absolute Gasteiger partial charge is 0.347 e. The average molecular weight is 299 g/mol. The zero-order valence-electron chi connectivity index (χ0n) is 10.7. The van der Waals surface area contributed by atoms with Crippen molar-refractivity contribution in [3.63, 3.8) is 0 Å². The first-order valence-corrected chi connectivity index (χ1v) is 6.01. The fourth-order valence-corrected chi connectivity index (χ4v) is 1.91. The van der Waals surface area contributed by atoms with Crippen molar-refractivity contribution in [1.82, 2.24) is 14.8 Å². The third-order valence-electron chi connectivity index (χ3n) is 2.92. The number of nitrogens with zero attached hydrogens (tertiary/aromatic N) is 2. The molecule has 1 fully saturated rings. The highest BCUT2D eigenvalue weighted by Gasteiger charge is 2.35. The Morgan fingerprint density at radius 1 is 1.52 bits per heavy atom. The van der Waals surface area contributed by atoms with E-state index in [2.05, 4.69) is 5.10 Å². The molecule has 114 valence electrons. The van der Waals surface area contributed by atoms with Gasteiger partial charge in [0.15, 0.2) is 6.23 Å². The maximum absolute atomic E-state index is 11.7. The highest BCUT2D eigenvalue weighted by atomic mass is 16.5. The first-order chi connectivity index (χ1) is 9.92. The second-order valence-electron chi connectivity index (χ2n) is 4.38. The molecule has 1 saturated heterocycles. The Morgan fingerprint density at radius 2 is 2.24 bits per heavy atom. The third-order valence-corrected chi connectivity index (χ3v) is 2.92. The standard InChI is InChI=1S/C11H13N3O7/c15-4-7-6(16)3-8(21-7)14-11(20)12-10(19)5(13-14)1-2-9(17)18/h1-2,6-8,15-16H,3-4H2,(H,17,18)(H,12,19,20)/t6-,7+,8+/m0/s1. The quantitative estimate of drug-likeness (QED) is 0.451. The monoisotopic (exact) mass is 299 g/mol. The Labute approximate surface area is 116 Å². The van der Waals surface area contributed by atoms with Gasteiger partial charge in [0.25, 0.3) is 5.56 Å². The van der Waals surface area contributed by atoms with Crippen LogP contribution in [-0.2, 0) is 9.53 Å². The molecule has 3 atom stereocenters. The van der Waals surface area contributed by atoms with Crippen molar-refractivity contribution >= 4 is 12.0 Å².